The van der Waals surface area contributed by atoms with Crippen molar-refractivity contribution in [3.05, 3.63) is 276 Å². The zero-order valence-electron chi connectivity index (χ0n) is 37.1. The van der Waals surface area contributed by atoms with Gasteiger partial charge in [0.15, 0.2) is 0 Å². The first-order valence-electron chi connectivity index (χ1n) is 23.5. The lowest BCUT2D eigenvalue weighted by molar-refractivity contribution is 0.661. The summed E-state index contributed by atoms with van der Waals surface area (Å²) in [6.07, 6.45) is 0. The number of furan rings is 2. The minimum atomic E-state index is -0.116. The second-order valence-corrected chi connectivity index (χ2v) is 18.2. The molecule has 2 heteroatoms. The van der Waals surface area contributed by atoms with Gasteiger partial charge < -0.3 is 8.83 Å². The van der Waals surface area contributed by atoms with Gasteiger partial charge in [-0.2, -0.15) is 0 Å². The summed E-state index contributed by atoms with van der Waals surface area (Å²) in [6, 6.07) is 88.5. The highest BCUT2D eigenvalue weighted by molar-refractivity contribution is 6.24. The average molecular weight is 867 g/mol. The lowest BCUT2D eigenvalue weighted by atomic mass is 9.78. The van der Waals surface area contributed by atoms with Crippen molar-refractivity contribution in [2.45, 2.75) is 11.8 Å². The van der Waals surface area contributed by atoms with Crippen LogP contribution >= 0.6 is 0 Å². The number of benzene rings is 12. The molecule has 2 atom stereocenters. The number of rotatable bonds is 8. The average Bonchev–Trinajstić information content (AvgIpc) is 3.99. The molecule has 318 valence electrons. The summed E-state index contributed by atoms with van der Waals surface area (Å²) in [7, 11) is 0. The van der Waals surface area contributed by atoms with Crippen LogP contribution in [0.1, 0.15) is 45.2 Å². The standard InChI is InChI=1S/C66H42O2/c1-3-13-41(14-4-1)43-25-29-45(30-26-43)61(57-21-11-19-55-49-17-7-9-23-59(49)67-65(55)57)51-37-33-47-36-40-54-52(38-34-48-35-39-53(51)63(47)64(48)54)62(46-31-27-44(28-32-46)42-15-5-2-6-16-42)58-22-12-20-56-50-18-8-10-24-60(50)68-66(56)58/h1-40,61-62H. The smallest absolute Gasteiger partial charge is 0.139 e. The Bertz CT molecular complexity index is 3900. The van der Waals surface area contributed by atoms with E-state index in [2.05, 4.69) is 243 Å². The van der Waals surface area contributed by atoms with E-state index in [-0.39, 0.29) is 11.8 Å². The molecule has 0 amide bonds. The summed E-state index contributed by atoms with van der Waals surface area (Å²) >= 11 is 0. The molecule has 0 bridgehead atoms. The molecule has 2 nitrogen and oxygen atoms in total. The molecular weight excluding hydrogens is 825 g/mol. The molecular formula is C66H42O2. The molecule has 2 aromatic heterocycles. The van der Waals surface area contributed by atoms with E-state index in [4.69, 9.17) is 8.83 Å². The van der Waals surface area contributed by atoms with E-state index in [0.29, 0.717) is 0 Å². The van der Waals surface area contributed by atoms with Gasteiger partial charge in [-0.05, 0) is 89.0 Å². The van der Waals surface area contributed by atoms with Gasteiger partial charge in [0.05, 0.1) is 0 Å². The Morgan fingerprint density at radius 1 is 0.235 bits per heavy atom. The second kappa shape index (κ2) is 15.4. The Hall–Kier alpha value is -8.72. The van der Waals surface area contributed by atoms with Gasteiger partial charge in [0.25, 0.3) is 0 Å². The van der Waals surface area contributed by atoms with Crippen LogP contribution in [-0.4, -0.2) is 0 Å². The Kier molecular flexibility index (Phi) is 8.75. The van der Waals surface area contributed by atoms with Crippen LogP contribution in [0.5, 0.6) is 0 Å². The van der Waals surface area contributed by atoms with Crippen molar-refractivity contribution in [3.63, 3.8) is 0 Å². The zero-order valence-corrected chi connectivity index (χ0v) is 37.1. The van der Waals surface area contributed by atoms with Crippen LogP contribution in [0, 0.1) is 0 Å². The van der Waals surface area contributed by atoms with E-state index in [0.717, 1.165) is 55.0 Å². The maximum Gasteiger partial charge on any atom is 0.139 e. The molecule has 0 N–H and O–H groups in total. The fourth-order valence-electron chi connectivity index (χ4n) is 11.4. The van der Waals surface area contributed by atoms with Crippen LogP contribution in [0.15, 0.2) is 251 Å². The number of fused-ring (bicyclic) bond motifs is 6. The fraction of sp³-hybridized carbons (Fsp3) is 0.0303. The lowest BCUT2D eigenvalue weighted by Gasteiger charge is -2.25. The van der Waals surface area contributed by atoms with Crippen LogP contribution in [0.2, 0.25) is 0 Å². The topological polar surface area (TPSA) is 26.3 Å². The molecule has 0 saturated heterocycles. The number of para-hydroxylation sites is 4. The third kappa shape index (κ3) is 6.04. The van der Waals surface area contributed by atoms with Crippen LogP contribution in [-0.2, 0) is 0 Å². The minimum Gasteiger partial charge on any atom is -0.456 e. The predicted molar refractivity (Wildman–Crippen MR) is 283 cm³/mol. The van der Waals surface area contributed by atoms with Crippen LogP contribution in [0.4, 0.5) is 0 Å². The summed E-state index contributed by atoms with van der Waals surface area (Å²) in [5.41, 5.74) is 15.7. The van der Waals surface area contributed by atoms with Gasteiger partial charge in [-0.1, -0.05) is 231 Å². The molecule has 0 saturated carbocycles. The van der Waals surface area contributed by atoms with Crippen molar-refractivity contribution in [2.24, 2.45) is 0 Å². The predicted octanol–water partition coefficient (Wildman–Crippen LogP) is 18.1. The van der Waals surface area contributed by atoms with E-state index in [1.807, 2.05) is 0 Å². The summed E-state index contributed by atoms with van der Waals surface area (Å²) in [6.45, 7) is 0. The largest absolute Gasteiger partial charge is 0.456 e. The molecule has 0 spiro atoms. The molecule has 0 aliphatic carbocycles. The van der Waals surface area contributed by atoms with Gasteiger partial charge in [-0.3, -0.25) is 0 Å². The molecule has 2 unspecified atom stereocenters. The molecule has 0 aliphatic heterocycles. The molecule has 0 radical (unpaired) electrons. The van der Waals surface area contributed by atoms with E-state index in [1.165, 1.54) is 76.8 Å². The van der Waals surface area contributed by atoms with E-state index >= 15 is 0 Å². The molecule has 68 heavy (non-hydrogen) atoms. The summed E-state index contributed by atoms with van der Waals surface area (Å²) < 4.78 is 13.7. The first-order chi connectivity index (χ1) is 33.7. The van der Waals surface area contributed by atoms with E-state index in [1.54, 1.807) is 0 Å². The first kappa shape index (κ1) is 38.5. The minimum absolute atomic E-state index is 0.116. The molecule has 14 rings (SSSR count). The van der Waals surface area contributed by atoms with Crippen LogP contribution in [0.3, 0.4) is 0 Å². The monoisotopic (exact) mass is 866 g/mol. The van der Waals surface area contributed by atoms with Gasteiger partial charge in [0.1, 0.15) is 22.3 Å². The van der Waals surface area contributed by atoms with Gasteiger partial charge in [-0.15, -0.1) is 0 Å². The maximum absolute atomic E-state index is 6.83. The summed E-state index contributed by atoms with van der Waals surface area (Å²) in [4.78, 5) is 0. The normalized spacial score (nSPS) is 12.9. The van der Waals surface area contributed by atoms with Gasteiger partial charge in [0.2, 0.25) is 0 Å². The first-order valence-corrected chi connectivity index (χ1v) is 23.5. The molecule has 0 aliphatic rings. The lowest BCUT2D eigenvalue weighted by Crippen LogP contribution is -2.06. The number of hydrogen-bond acceptors (Lipinski definition) is 2. The third-order valence-corrected chi connectivity index (χ3v) is 14.5. The van der Waals surface area contributed by atoms with Crippen molar-refractivity contribution in [1.82, 2.24) is 0 Å². The third-order valence-electron chi connectivity index (χ3n) is 14.5. The van der Waals surface area contributed by atoms with Gasteiger partial charge in [-0.25, -0.2) is 0 Å². The van der Waals surface area contributed by atoms with Gasteiger partial charge in [0, 0.05) is 44.5 Å². The Morgan fingerprint density at radius 3 is 1.04 bits per heavy atom. The van der Waals surface area contributed by atoms with Crippen molar-refractivity contribution in [2.75, 3.05) is 0 Å². The Balaban J connectivity index is 1.01. The van der Waals surface area contributed by atoms with Crippen molar-refractivity contribution >= 4 is 76.2 Å². The van der Waals surface area contributed by atoms with Crippen LogP contribution < -0.4 is 0 Å². The maximum atomic E-state index is 6.83. The molecule has 2 heterocycles. The fourth-order valence-corrected chi connectivity index (χ4v) is 11.4. The molecule has 12 aromatic carbocycles. The Labute approximate surface area is 393 Å². The van der Waals surface area contributed by atoms with Gasteiger partial charge >= 0.3 is 0 Å². The van der Waals surface area contributed by atoms with E-state index in [9.17, 15) is 0 Å². The highest BCUT2D eigenvalue weighted by atomic mass is 16.3. The van der Waals surface area contributed by atoms with E-state index < -0.39 is 0 Å². The zero-order chi connectivity index (χ0) is 44.7. The molecule has 0 fully saturated rings. The Morgan fingerprint density at radius 2 is 0.603 bits per heavy atom. The van der Waals surface area contributed by atoms with Crippen molar-refractivity contribution < 1.29 is 8.83 Å². The van der Waals surface area contributed by atoms with Crippen LogP contribution in [0.25, 0.3) is 98.4 Å². The second-order valence-electron chi connectivity index (χ2n) is 18.2. The highest BCUT2D eigenvalue weighted by Crippen LogP contribution is 2.48. The SMILES string of the molecule is c1ccc(-c2ccc(C(c3ccc4ccc5c(C(c6ccc(-c7ccccc7)cc6)c6cccc7c6oc6ccccc67)ccc6ccc3c4c65)c3cccc4c3oc3ccccc34)cc2)cc1. The van der Waals surface area contributed by atoms with Crippen molar-refractivity contribution in [1.29, 1.82) is 0 Å². The summed E-state index contributed by atoms with van der Waals surface area (Å²) in [5.74, 6) is -0.232. The summed E-state index contributed by atoms with van der Waals surface area (Å²) in [5, 5.41) is 12.0. The van der Waals surface area contributed by atoms with Crippen molar-refractivity contribution in [3.8, 4) is 22.3 Å². The highest BCUT2D eigenvalue weighted by Gasteiger charge is 2.28. The molecule has 14 aromatic rings. The number of hydrogen-bond donors (Lipinski definition) is 0. The quantitative estimate of drug-likeness (QED) is 0.112.